The monoisotopic (exact) mass is 478 g/mol. The number of esters is 3. The van der Waals surface area contributed by atoms with Crippen molar-refractivity contribution in [3.05, 3.63) is 23.8 Å². The number of cyclic esters (lactones) is 2. The number of para-hydroxylation sites is 1. The Bertz CT molecular complexity index is 933. The third-order valence-corrected chi connectivity index (χ3v) is 5.43. The number of hydrogen-bond acceptors (Lipinski definition) is 9. The van der Waals surface area contributed by atoms with Gasteiger partial charge in [0.25, 0.3) is 5.91 Å². The summed E-state index contributed by atoms with van der Waals surface area (Å²) in [6, 6.07) is 2.68. The molecule has 2 amide bonds. The van der Waals surface area contributed by atoms with Gasteiger partial charge in [0.1, 0.15) is 12.2 Å². The van der Waals surface area contributed by atoms with Crippen molar-refractivity contribution in [1.82, 2.24) is 5.32 Å². The second-order valence-electron chi connectivity index (χ2n) is 7.92. The maximum atomic E-state index is 12.9. The minimum Gasteiger partial charge on any atom is -0.505 e. The Morgan fingerprint density at radius 2 is 1.79 bits per heavy atom. The molecule has 1 aliphatic heterocycles. The van der Waals surface area contributed by atoms with Crippen LogP contribution in [0.4, 0.5) is 5.69 Å². The Labute approximate surface area is 197 Å². The van der Waals surface area contributed by atoms with Gasteiger partial charge in [0, 0.05) is 6.42 Å². The van der Waals surface area contributed by atoms with E-state index in [9.17, 15) is 29.1 Å². The Morgan fingerprint density at radius 3 is 2.41 bits per heavy atom. The molecule has 0 bridgehead atoms. The first-order chi connectivity index (χ1) is 16.1. The van der Waals surface area contributed by atoms with E-state index in [1.165, 1.54) is 32.0 Å². The molecule has 0 radical (unpaired) electrons. The molecular formula is C23H30N2O9. The Morgan fingerprint density at radius 1 is 1.12 bits per heavy atom. The number of carbonyl (C=O) groups excluding carboxylic acids is 5. The van der Waals surface area contributed by atoms with Crippen molar-refractivity contribution < 1.29 is 43.3 Å². The van der Waals surface area contributed by atoms with Crippen molar-refractivity contribution in [2.45, 2.75) is 71.3 Å². The topological polar surface area (TPSA) is 157 Å². The van der Waals surface area contributed by atoms with Gasteiger partial charge >= 0.3 is 17.9 Å². The molecule has 1 fully saturated rings. The molecule has 11 heteroatoms. The summed E-state index contributed by atoms with van der Waals surface area (Å²) >= 11 is 0. The molecule has 34 heavy (non-hydrogen) atoms. The molecule has 0 aliphatic carbocycles. The number of amides is 2. The number of benzene rings is 1. The van der Waals surface area contributed by atoms with Gasteiger partial charge in [-0.3, -0.25) is 19.2 Å². The molecule has 2 rings (SSSR count). The first-order valence-electron chi connectivity index (χ1n) is 11.1. The van der Waals surface area contributed by atoms with E-state index in [2.05, 4.69) is 10.6 Å². The molecule has 3 N–H and O–H groups in total. The highest BCUT2D eigenvalue weighted by molar-refractivity contribution is 6.01. The van der Waals surface area contributed by atoms with Gasteiger partial charge in [0.2, 0.25) is 6.41 Å². The van der Waals surface area contributed by atoms with Gasteiger partial charge in [0.05, 0.1) is 17.2 Å². The molecule has 11 nitrogen and oxygen atoms in total. The number of hydrogen-bond donors (Lipinski definition) is 3. The third kappa shape index (κ3) is 6.24. The van der Waals surface area contributed by atoms with E-state index in [1.807, 2.05) is 0 Å². The van der Waals surface area contributed by atoms with Crippen molar-refractivity contribution in [1.29, 1.82) is 0 Å². The molecule has 1 saturated heterocycles. The average Bonchev–Trinajstić information content (AvgIpc) is 2.80. The maximum absolute atomic E-state index is 12.9. The summed E-state index contributed by atoms with van der Waals surface area (Å²) in [7, 11) is 0. The maximum Gasteiger partial charge on any atom is 0.332 e. The van der Waals surface area contributed by atoms with Crippen LogP contribution in [0.15, 0.2) is 18.2 Å². The molecule has 0 unspecified atom stereocenters. The van der Waals surface area contributed by atoms with E-state index >= 15 is 0 Å². The normalized spacial score (nSPS) is 25.0. The summed E-state index contributed by atoms with van der Waals surface area (Å²) in [6.45, 7) is 6.42. The van der Waals surface area contributed by atoms with Gasteiger partial charge in [-0.1, -0.05) is 19.9 Å². The van der Waals surface area contributed by atoms with Gasteiger partial charge in [-0.2, -0.15) is 0 Å². The largest absolute Gasteiger partial charge is 0.505 e. The molecule has 186 valence electrons. The molecule has 0 spiro atoms. The smallest absolute Gasteiger partial charge is 0.332 e. The van der Waals surface area contributed by atoms with Crippen LogP contribution < -0.4 is 10.6 Å². The lowest BCUT2D eigenvalue weighted by Gasteiger charge is -2.28. The molecule has 1 aromatic rings. The van der Waals surface area contributed by atoms with E-state index in [4.69, 9.17) is 14.2 Å². The number of phenolic OH excluding ortho intramolecular Hbond substituents is 1. The van der Waals surface area contributed by atoms with E-state index in [1.54, 1.807) is 13.8 Å². The summed E-state index contributed by atoms with van der Waals surface area (Å²) in [5, 5.41) is 15.0. The fourth-order valence-corrected chi connectivity index (χ4v) is 3.61. The van der Waals surface area contributed by atoms with E-state index in [0.29, 0.717) is 12.8 Å². The summed E-state index contributed by atoms with van der Waals surface area (Å²) in [5.74, 6) is -4.38. The van der Waals surface area contributed by atoms with Crippen LogP contribution in [-0.4, -0.2) is 59.7 Å². The fraction of sp³-hybridized carbons (Fsp3) is 0.522. The standard InChI is InChI=1S/C23H30N2O9/c1-5-8-17(27)34-20-13(4)33-23(31)18(12(3)32-22(30)14(20)6-2)25-21(29)15-9-7-10-16(19(15)28)24-11-26/h7,9-14,18,20,28H,5-6,8H2,1-4H3,(H,24,26)(H,25,29)/t12-,13+,14-,18+,20+/m1/s1. The van der Waals surface area contributed by atoms with Gasteiger partial charge in [-0.05, 0) is 38.8 Å². The van der Waals surface area contributed by atoms with Crippen LogP contribution in [0.1, 0.15) is 57.3 Å². The quantitative estimate of drug-likeness (QED) is 0.219. The summed E-state index contributed by atoms with van der Waals surface area (Å²) < 4.78 is 16.4. The number of carbonyl (C=O) groups is 5. The second-order valence-corrected chi connectivity index (χ2v) is 7.92. The predicted molar refractivity (Wildman–Crippen MR) is 119 cm³/mol. The molecule has 0 saturated carbocycles. The highest BCUT2D eigenvalue weighted by atomic mass is 16.6. The highest BCUT2D eigenvalue weighted by Gasteiger charge is 2.43. The number of aromatic hydroxyl groups is 1. The number of ether oxygens (including phenoxy) is 3. The Balaban J connectivity index is 2.31. The number of phenols is 1. The lowest BCUT2D eigenvalue weighted by Crippen LogP contribution is -2.50. The minimum absolute atomic E-state index is 0.00434. The number of anilines is 1. The zero-order chi connectivity index (χ0) is 25.4. The lowest BCUT2D eigenvalue weighted by molar-refractivity contribution is -0.174. The van der Waals surface area contributed by atoms with Crippen molar-refractivity contribution in [3.8, 4) is 5.75 Å². The molecule has 1 aromatic carbocycles. The van der Waals surface area contributed by atoms with Crippen molar-refractivity contribution in [2.24, 2.45) is 5.92 Å². The van der Waals surface area contributed by atoms with Gasteiger partial charge in [-0.15, -0.1) is 0 Å². The fourth-order valence-electron chi connectivity index (χ4n) is 3.61. The van der Waals surface area contributed by atoms with Crippen LogP contribution in [0.5, 0.6) is 5.75 Å². The van der Waals surface area contributed by atoms with Gasteiger partial charge in [0.15, 0.2) is 17.9 Å². The summed E-state index contributed by atoms with van der Waals surface area (Å²) in [5.41, 5.74) is -0.223. The molecule has 5 atom stereocenters. The minimum atomic E-state index is -1.41. The van der Waals surface area contributed by atoms with Crippen molar-refractivity contribution in [3.63, 3.8) is 0 Å². The van der Waals surface area contributed by atoms with Crippen molar-refractivity contribution >= 4 is 35.9 Å². The Hall–Kier alpha value is -3.63. The van der Waals surface area contributed by atoms with Gasteiger partial charge < -0.3 is 30.0 Å². The average molecular weight is 478 g/mol. The summed E-state index contributed by atoms with van der Waals surface area (Å²) in [6.07, 6.45) is -1.90. The molecule has 1 heterocycles. The van der Waals surface area contributed by atoms with E-state index < -0.39 is 59.8 Å². The predicted octanol–water partition coefficient (Wildman–Crippen LogP) is 1.67. The molecule has 0 aromatic heterocycles. The zero-order valence-corrected chi connectivity index (χ0v) is 19.5. The lowest BCUT2D eigenvalue weighted by atomic mass is 9.95. The van der Waals surface area contributed by atoms with Gasteiger partial charge in [-0.25, -0.2) is 4.79 Å². The van der Waals surface area contributed by atoms with E-state index in [-0.39, 0.29) is 24.1 Å². The zero-order valence-electron chi connectivity index (χ0n) is 19.5. The second kappa shape index (κ2) is 12.0. The number of nitrogens with one attached hydrogen (secondary N) is 2. The molecule has 1 aliphatic rings. The van der Waals surface area contributed by atoms with Crippen LogP contribution >= 0.6 is 0 Å². The van der Waals surface area contributed by atoms with Crippen LogP contribution in [0.3, 0.4) is 0 Å². The SMILES string of the molecule is CCCC(=O)O[C@H]1[C@H](C)OC(=O)[C@@H](NC(=O)c2cccc(NC=O)c2O)[C@@H](C)OC(=O)[C@@H]1CC. The van der Waals surface area contributed by atoms with Crippen molar-refractivity contribution in [2.75, 3.05) is 5.32 Å². The first kappa shape index (κ1) is 26.6. The van der Waals surface area contributed by atoms with Crippen LogP contribution in [0.2, 0.25) is 0 Å². The molecular weight excluding hydrogens is 448 g/mol. The highest BCUT2D eigenvalue weighted by Crippen LogP contribution is 2.28. The van der Waals surface area contributed by atoms with Crippen LogP contribution in [0.25, 0.3) is 0 Å². The third-order valence-electron chi connectivity index (χ3n) is 5.43. The van der Waals surface area contributed by atoms with E-state index in [0.717, 1.165) is 0 Å². The number of rotatable bonds is 8. The van der Waals surface area contributed by atoms with Crippen LogP contribution in [-0.2, 0) is 33.4 Å². The van der Waals surface area contributed by atoms with Crippen LogP contribution in [0, 0.1) is 5.92 Å². The summed E-state index contributed by atoms with van der Waals surface area (Å²) in [4.78, 5) is 61.4. The first-order valence-corrected chi connectivity index (χ1v) is 11.1. The Kier molecular flexibility index (Phi) is 9.40.